The molecule has 15 heavy (non-hydrogen) atoms. The predicted octanol–water partition coefficient (Wildman–Crippen LogP) is 3.53. The summed E-state index contributed by atoms with van der Waals surface area (Å²) in [5.41, 5.74) is 2.56. The minimum Gasteiger partial charge on any atom is -0.369 e. The average molecular weight is 246 g/mol. The van der Waals surface area contributed by atoms with Crippen LogP contribution in [0.5, 0.6) is 0 Å². The van der Waals surface area contributed by atoms with Crippen molar-refractivity contribution in [3.8, 4) is 0 Å². The lowest BCUT2D eigenvalue weighted by Gasteiger charge is -2.22. The first-order valence-corrected chi connectivity index (χ1v) is 6.34. The third-order valence-corrected chi connectivity index (χ3v) is 2.76. The first-order valence-electron chi connectivity index (χ1n) is 5.27. The Morgan fingerprint density at radius 1 is 1.00 bits per heavy atom. The topological polar surface area (TPSA) is 3.24 Å². The van der Waals surface area contributed by atoms with Gasteiger partial charge in [0.05, 0.1) is 0 Å². The molecule has 1 aromatic rings. The van der Waals surface area contributed by atoms with Crippen LogP contribution in [0.1, 0.15) is 12.5 Å². The molecular weight excluding hydrogens is 229 g/mol. The smallest absolute Gasteiger partial charge is 0.0399 e. The average Bonchev–Trinajstić information content (AvgIpc) is 2.29. The van der Waals surface area contributed by atoms with Crippen LogP contribution in [0.4, 0.5) is 5.69 Å². The van der Waals surface area contributed by atoms with E-state index in [9.17, 15) is 0 Å². The summed E-state index contributed by atoms with van der Waals surface area (Å²) in [7, 11) is 0. The summed E-state index contributed by atoms with van der Waals surface area (Å²) < 4.78 is 0. The van der Waals surface area contributed by atoms with Crippen molar-refractivity contribution >= 4 is 28.9 Å². The summed E-state index contributed by atoms with van der Waals surface area (Å²) in [6.07, 6.45) is 1.07. The molecule has 1 nitrogen and oxygen atoms in total. The highest BCUT2D eigenvalue weighted by Crippen LogP contribution is 2.15. The van der Waals surface area contributed by atoms with Gasteiger partial charge in [-0.25, -0.2) is 0 Å². The Morgan fingerprint density at radius 2 is 1.53 bits per heavy atom. The van der Waals surface area contributed by atoms with Crippen molar-refractivity contribution in [1.29, 1.82) is 0 Å². The lowest BCUT2D eigenvalue weighted by Crippen LogP contribution is -2.27. The van der Waals surface area contributed by atoms with Crippen molar-refractivity contribution < 1.29 is 0 Å². The van der Waals surface area contributed by atoms with E-state index in [1.807, 2.05) is 0 Å². The van der Waals surface area contributed by atoms with Gasteiger partial charge in [-0.15, -0.1) is 23.2 Å². The van der Waals surface area contributed by atoms with Crippen molar-refractivity contribution in [2.45, 2.75) is 13.3 Å². The molecule has 0 heterocycles. The largest absolute Gasteiger partial charge is 0.369 e. The Bertz CT molecular complexity index is 265. The number of hydrogen-bond acceptors (Lipinski definition) is 1. The quantitative estimate of drug-likeness (QED) is 0.694. The molecule has 1 rings (SSSR count). The van der Waals surface area contributed by atoms with Crippen LogP contribution in [0.2, 0.25) is 0 Å². The summed E-state index contributed by atoms with van der Waals surface area (Å²) in [6.45, 7) is 3.85. The predicted molar refractivity (Wildman–Crippen MR) is 69.5 cm³/mol. The summed E-state index contributed by atoms with van der Waals surface area (Å²) >= 11 is 11.5. The summed E-state index contributed by atoms with van der Waals surface area (Å²) in [6, 6.07) is 8.59. The van der Waals surface area contributed by atoms with Crippen LogP contribution in [-0.2, 0) is 6.42 Å². The summed E-state index contributed by atoms with van der Waals surface area (Å²) in [5.74, 6) is 1.26. The molecule has 0 atom stereocenters. The standard InChI is InChI=1S/C12H17Cl2N/c1-2-11-3-5-12(6-4-11)15(9-7-13)10-8-14/h3-6H,2,7-10H2,1H3. The first kappa shape index (κ1) is 12.7. The normalized spacial score (nSPS) is 10.3. The molecule has 0 aliphatic rings. The molecule has 84 valence electrons. The number of anilines is 1. The number of benzene rings is 1. The number of rotatable bonds is 6. The molecule has 0 radical (unpaired) electrons. The maximum absolute atomic E-state index is 5.76. The van der Waals surface area contributed by atoms with E-state index in [1.54, 1.807) is 0 Å². The van der Waals surface area contributed by atoms with Gasteiger partial charge in [-0.3, -0.25) is 0 Å². The van der Waals surface area contributed by atoms with Crippen LogP contribution in [-0.4, -0.2) is 24.8 Å². The van der Waals surface area contributed by atoms with E-state index in [0.29, 0.717) is 11.8 Å². The van der Waals surface area contributed by atoms with Crippen LogP contribution in [0.25, 0.3) is 0 Å². The maximum Gasteiger partial charge on any atom is 0.0399 e. The van der Waals surface area contributed by atoms with E-state index >= 15 is 0 Å². The van der Waals surface area contributed by atoms with Crippen LogP contribution in [0.15, 0.2) is 24.3 Å². The molecule has 0 aromatic heterocycles. The fraction of sp³-hybridized carbons (Fsp3) is 0.500. The fourth-order valence-electron chi connectivity index (χ4n) is 1.52. The Morgan fingerprint density at radius 3 is 1.93 bits per heavy atom. The van der Waals surface area contributed by atoms with E-state index in [4.69, 9.17) is 23.2 Å². The number of aryl methyl sites for hydroxylation is 1. The Balaban J connectivity index is 2.72. The Kier molecular flexibility index (Phi) is 5.89. The molecule has 3 heteroatoms. The van der Waals surface area contributed by atoms with Crippen LogP contribution < -0.4 is 4.90 Å². The Labute approximate surface area is 102 Å². The molecule has 0 N–H and O–H groups in total. The molecule has 0 bridgehead atoms. The van der Waals surface area contributed by atoms with E-state index in [1.165, 1.54) is 11.3 Å². The molecule has 0 fully saturated rings. The second-order valence-corrected chi connectivity index (χ2v) is 4.14. The lowest BCUT2D eigenvalue weighted by atomic mass is 10.1. The van der Waals surface area contributed by atoms with Crippen molar-refractivity contribution in [2.75, 3.05) is 29.7 Å². The summed E-state index contributed by atoms with van der Waals surface area (Å²) in [4.78, 5) is 2.21. The molecular formula is C12H17Cl2N. The van der Waals surface area contributed by atoms with E-state index in [0.717, 1.165) is 19.5 Å². The SMILES string of the molecule is CCc1ccc(N(CCCl)CCCl)cc1. The highest BCUT2D eigenvalue weighted by molar-refractivity contribution is 6.18. The van der Waals surface area contributed by atoms with Crippen molar-refractivity contribution in [3.63, 3.8) is 0 Å². The van der Waals surface area contributed by atoms with E-state index in [-0.39, 0.29) is 0 Å². The molecule has 0 saturated heterocycles. The van der Waals surface area contributed by atoms with Gasteiger partial charge in [-0.2, -0.15) is 0 Å². The van der Waals surface area contributed by atoms with Crippen LogP contribution in [0, 0.1) is 0 Å². The zero-order valence-corrected chi connectivity index (χ0v) is 10.6. The third-order valence-electron chi connectivity index (χ3n) is 2.42. The highest BCUT2D eigenvalue weighted by Gasteiger charge is 2.04. The van der Waals surface area contributed by atoms with Gasteiger partial charge in [0.2, 0.25) is 0 Å². The monoisotopic (exact) mass is 245 g/mol. The van der Waals surface area contributed by atoms with Crippen molar-refractivity contribution in [1.82, 2.24) is 0 Å². The van der Waals surface area contributed by atoms with Gasteiger partial charge in [0.15, 0.2) is 0 Å². The molecule has 0 spiro atoms. The van der Waals surface area contributed by atoms with Gasteiger partial charge < -0.3 is 4.90 Å². The van der Waals surface area contributed by atoms with Crippen LogP contribution >= 0.6 is 23.2 Å². The number of hydrogen-bond donors (Lipinski definition) is 0. The fourth-order valence-corrected chi connectivity index (χ4v) is 1.92. The Hall–Kier alpha value is -0.400. The van der Waals surface area contributed by atoms with Gasteiger partial charge in [0.1, 0.15) is 0 Å². The third kappa shape index (κ3) is 3.92. The van der Waals surface area contributed by atoms with E-state index in [2.05, 4.69) is 36.1 Å². The van der Waals surface area contributed by atoms with Gasteiger partial charge in [-0.1, -0.05) is 19.1 Å². The second-order valence-electron chi connectivity index (χ2n) is 3.39. The lowest BCUT2D eigenvalue weighted by molar-refractivity contribution is 0.873. The molecule has 0 saturated carbocycles. The summed E-state index contributed by atoms with van der Waals surface area (Å²) in [5, 5.41) is 0. The van der Waals surface area contributed by atoms with Gasteiger partial charge >= 0.3 is 0 Å². The van der Waals surface area contributed by atoms with Crippen molar-refractivity contribution in [2.24, 2.45) is 0 Å². The molecule has 0 amide bonds. The minimum atomic E-state index is 0.631. The molecule has 0 unspecified atom stereocenters. The van der Waals surface area contributed by atoms with Crippen LogP contribution in [0.3, 0.4) is 0 Å². The van der Waals surface area contributed by atoms with E-state index < -0.39 is 0 Å². The second kappa shape index (κ2) is 6.97. The minimum absolute atomic E-state index is 0.631. The zero-order valence-electron chi connectivity index (χ0n) is 9.05. The zero-order chi connectivity index (χ0) is 11.1. The first-order chi connectivity index (χ1) is 7.31. The number of halogens is 2. The maximum atomic E-state index is 5.76. The molecule has 0 aliphatic heterocycles. The van der Waals surface area contributed by atoms with Gasteiger partial charge in [0, 0.05) is 30.5 Å². The molecule has 1 aromatic carbocycles. The number of alkyl halides is 2. The highest BCUT2D eigenvalue weighted by atomic mass is 35.5. The van der Waals surface area contributed by atoms with Gasteiger partial charge in [0.25, 0.3) is 0 Å². The number of nitrogens with zero attached hydrogens (tertiary/aromatic N) is 1. The van der Waals surface area contributed by atoms with Crippen molar-refractivity contribution in [3.05, 3.63) is 29.8 Å². The molecule has 0 aliphatic carbocycles. The van der Waals surface area contributed by atoms with Gasteiger partial charge in [-0.05, 0) is 24.1 Å².